The summed E-state index contributed by atoms with van der Waals surface area (Å²) in [4.78, 5) is 64.9. The zero-order valence-corrected chi connectivity index (χ0v) is 75.6. The Labute approximate surface area is 742 Å². The third-order valence-corrected chi connectivity index (χ3v) is 24.9. The number of hydrogen-bond donors (Lipinski definition) is 4. The summed E-state index contributed by atoms with van der Waals surface area (Å²) in [6.45, 7) is 39.1. The quantitative estimate of drug-likeness (QED) is 0.0366. The van der Waals surface area contributed by atoms with Gasteiger partial charge in [-0.3, -0.25) is 9.59 Å². The van der Waals surface area contributed by atoms with Crippen LogP contribution in [0.25, 0.3) is 182 Å². The standard InChI is InChI=1S/C113H104N8O6/c1-60-47-66(7)100(67(8)48-60)108-86-31-27-82(114-86)106(83-28-32-87(115-83)109(101-68(9)49-61(2)50-69(101)10)91-36-40-95(119-91)112(94-39-35-90(108)118-94)104-74(15)55-64(5)56-75(104)16)78-19-23-80(24-20-78)124-43-45-126-98(122)59-99(123)127-46-44-125-81-25-21-79(22-26-81)107-84-29-33-88(116-84)110(102-70(11)51-62(3)52-71(102)12)92-37-41-96(120-92)113(105-76(17)57-65(6)58-77(105)18)97-42-38-93(121-97)111(89-34-30-85(107)117-89)103-72(13)53-63(4)54-73(103)14/h19-42,47-58,114,116,119,121H,43-46,59H2,1-18H3. The van der Waals surface area contributed by atoms with E-state index in [-0.39, 0.29) is 26.4 Å². The van der Waals surface area contributed by atoms with Gasteiger partial charge >= 0.3 is 11.9 Å². The highest BCUT2D eigenvalue weighted by atomic mass is 16.6. The average Bonchev–Trinajstić information content (AvgIpc) is 1.62. The summed E-state index contributed by atoms with van der Waals surface area (Å²) in [5.41, 5.74) is 51.5. The number of nitrogens with one attached hydrogen (secondary N) is 4. The van der Waals surface area contributed by atoms with Gasteiger partial charge in [0.2, 0.25) is 0 Å². The molecular formula is C113H104N8O6. The summed E-state index contributed by atoms with van der Waals surface area (Å²) < 4.78 is 23.5. The van der Waals surface area contributed by atoms with Crippen LogP contribution in [-0.2, 0) is 19.1 Å². The molecule has 18 rings (SSSR count). The third kappa shape index (κ3) is 16.2. The Bertz CT molecular complexity index is 6780. The van der Waals surface area contributed by atoms with Crippen LogP contribution >= 0.6 is 0 Å². The molecule has 14 heteroatoms. The summed E-state index contributed by atoms with van der Waals surface area (Å²) in [5.74, 6) is -0.335. The molecule has 632 valence electrons. The van der Waals surface area contributed by atoms with Gasteiger partial charge in [-0.2, -0.15) is 0 Å². The number of nitrogens with zero attached hydrogens (tertiary/aromatic N) is 4. The van der Waals surface area contributed by atoms with Crippen LogP contribution in [0.5, 0.6) is 11.5 Å². The van der Waals surface area contributed by atoms with Gasteiger partial charge in [-0.05, 0) is 357 Å². The van der Waals surface area contributed by atoms with Gasteiger partial charge in [-0.25, -0.2) is 19.9 Å². The Kier molecular flexibility index (Phi) is 22.2. The van der Waals surface area contributed by atoms with Crippen LogP contribution in [-0.4, -0.2) is 78.2 Å². The van der Waals surface area contributed by atoms with Crippen molar-refractivity contribution < 1.29 is 28.5 Å². The van der Waals surface area contributed by atoms with E-state index in [2.05, 4.69) is 314 Å². The summed E-state index contributed by atoms with van der Waals surface area (Å²) in [6.07, 6.45) is 16.6. The van der Waals surface area contributed by atoms with Crippen LogP contribution in [0.3, 0.4) is 0 Å². The number of rotatable bonds is 18. The Morgan fingerprint density at radius 2 is 0.394 bits per heavy atom. The Hall–Kier alpha value is -14.5. The van der Waals surface area contributed by atoms with E-state index in [0.29, 0.717) is 11.5 Å². The number of benzene rings is 8. The molecule has 6 aromatic heterocycles. The number of aromatic amines is 4. The second-order valence-corrected chi connectivity index (χ2v) is 35.0. The lowest BCUT2D eigenvalue weighted by molar-refractivity contribution is -0.155. The van der Waals surface area contributed by atoms with Crippen LogP contribution in [0.2, 0.25) is 0 Å². The van der Waals surface area contributed by atoms with Gasteiger partial charge in [-0.15, -0.1) is 0 Å². The largest absolute Gasteiger partial charge is 0.490 e. The summed E-state index contributed by atoms with van der Waals surface area (Å²) in [7, 11) is 0. The van der Waals surface area contributed by atoms with Crippen LogP contribution in [0.1, 0.15) is 152 Å². The van der Waals surface area contributed by atoms with E-state index in [0.717, 1.165) is 223 Å². The highest BCUT2D eigenvalue weighted by Crippen LogP contribution is 2.47. The number of aryl methyl sites for hydroxylation is 18. The minimum Gasteiger partial charge on any atom is -0.490 e. The fourth-order valence-corrected chi connectivity index (χ4v) is 20.3. The molecule has 4 N–H and O–H groups in total. The highest BCUT2D eigenvalue weighted by Gasteiger charge is 2.28. The van der Waals surface area contributed by atoms with Crippen molar-refractivity contribution in [3.05, 3.63) is 316 Å². The first-order valence-corrected chi connectivity index (χ1v) is 43.7. The molecule has 0 radical (unpaired) electrons. The van der Waals surface area contributed by atoms with Crippen molar-refractivity contribution in [1.82, 2.24) is 39.9 Å². The Balaban J connectivity index is 0.596. The second kappa shape index (κ2) is 33.9. The van der Waals surface area contributed by atoms with E-state index < -0.39 is 18.4 Å². The van der Waals surface area contributed by atoms with E-state index in [1.165, 1.54) is 55.6 Å². The van der Waals surface area contributed by atoms with Gasteiger partial charge in [0.15, 0.2) is 0 Å². The van der Waals surface area contributed by atoms with Gasteiger partial charge in [0, 0.05) is 88.6 Å². The lowest BCUT2D eigenvalue weighted by Gasteiger charge is -2.14. The number of aromatic nitrogens is 8. The average molecular weight is 1670 g/mol. The minimum absolute atomic E-state index is 0.0401. The van der Waals surface area contributed by atoms with Crippen molar-refractivity contribution in [3.8, 4) is 101 Å². The Morgan fingerprint density at radius 3 is 0.583 bits per heavy atom. The van der Waals surface area contributed by atoms with Crippen LogP contribution < -0.4 is 9.47 Å². The van der Waals surface area contributed by atoms with E-state index in [4.69, 9.17) is 38.9 Å². The molecule has 0 amide bonds. The van der Waals surface area contributed by atoms with Gasteiger partial charge in [0.25, 0.3) is 0 Å². The molecule has 14 nitrogen and oxygen atoms in total. The molecule has 14 aromatic rings. The van der Waals surface area contributed by atoms with E-state index in [9.17, 15) is 9.59 Å². The van der Waals surface area contributed by atoms with Crippen molar-refractivity contribution in [2.24, 2.45) is 0 Å². The molecule has 16 bridgehead atoms. The fourth-order valence-electron chi connectivity index (χ4n) is 20.3. The monoisotopic (exact) mass is 1670 g/mol. The fraction of sp³-hybridized carbons (Fsp3) is 0.204. The molecular weight excluding hydrogens is 1570 g/mol. The first-order chi connectivity index (χ1) is 61.1. The minimum atomic E-state index is -0.732. The van der Waals surface area contributed by atoms with Crippen molar-refractivity contribution in [1.29, 1.82) is 0 Å². The molecule has 0 spiro atoms. The first kappa shape index (κ1) is 83.4. The summed E-state index contributed by atoms with van der Waals surface area (Å²) in [5, 5.41) is 0. The molecule has 8 aromatic carbocycles. The third-order valence-electron chi connectivity index (χ3n) is 24.9. The maximum Gasteiger partial charge on any atom is 0.317 e. The number of carbonyl (C=O) groups excluding carboxylic acids is 2. The van der Waals surface area contributed by atoms with Crippen LogP contribution in [0, 0.1) is 125 Å². The number of H-pyrrole nitrogens is 4. The smallest absolute Gasteiger partial charge is 0.317 e. The zero-order valence-electron chi connectivity index (χ0n) is 75.6. The molecule has 0 aliphatic carbocycles. The van der Waals surface area contributed by atoms with Crippen molar-refractivity contribution in [3.63, 3.8) is 0 Å². The van der Waals surface area contributed by atoms with Crippen LogP contribution in [0.15, 0.2) is 170 Å². The number of hydrogen-bond acceptors (Lipinski definition) is 10. The topological polar surface area (TPSA) is 186 Å². The van der Waals surface area contributed by atoms with Gasteiger partial charge in [0.05, 0.1) is 45.6 Å². The van der Waals surface area contributed by atoms with E-state index in [1.54, 1.807) is 0 Å². The van der Waals surface area contributed by atoms with Crippen molar-refractivity contribution in [2.45, 2.75) is 131 Å². The maximum atomic E-state index is 13.2. The van der Waals surface area contributed by atoms with Gasteiger partial charge < -0.3 is 38.9 Å². The van der Waals surface area contributed by atoms with Gasteiger partial charge in [-0.1, -0.05) is 130 Å². The first-order valence-electron chi connectivity index (χ1n) is 43.7. The molecule has 4 aliphatic rings. The maximum absolute atomic E-state index is 13.2. The Morgan fingerprint density at radius 1 is 0.220 bits per heavy atom. The van der Waals surface area contributed by atoms with E-state index >= 15 is 0 Å². The molecule has 0 saturated carbocycles. The van der Waals surface area contributed by atoms with Crippen molar-refractivity contribution >= 4 is 105 Å². The zero-order chi connectivity index (χ0) is 88.7. The van der Waals surface area contributed by atoms with E-state index in [1.807, 2.05) is 48.5 Å². The predicted octanol–water partition coefficient (Wildman–Crippen LogP) is 27.4. The second-order valence-electron chi connectivity index (χ2n) is 35.0. The molecule has 127 heavy (non-hydrogen) atoms. The molecule has 0 saturated heterocycles. The molecule has 0 unspecified atom stereocenters. The number of fused-ring (bicyclic) bond motifs is 16. The predicted molar refractivity (Wildman–Crippen MR) is 524 cm³/mol. The summed E-state index contributed by atoms with van der Waals surface area (Å²) >= 11 is 0. The lowest BCUT2D eigenvalue weighted by Crippen LogP contribution is -2.18. The number of esters is 2. The van der Waals surface area contributed by atoms with Crippen molar-refractivity contribution in [2.75, 3.05) is 26.4 Å². The van der Waals surface area contributed by atoms with Gasteiger partial charge in [0.1, 0.15) is 44.3 Å². The van der Waals surface area contributed by atoms with Crippen LogP contribution in [0.4, 0.5) is 0 Å². The number of carbonyl (C=O) groups is 2. The molecule has 0 atom stereocenters. The SMILES string of the molecule is Cc1cc(C)c(-c2c3nc(c(-c4c(C)cc(C)cc4C)c4ccc([nH]4)c(-c4c(C)cc(C)cc4C)c4nc(c(-c5ccc(OCCOC(=O)CC(=O)OCCOc6ccc(-c7c8nc(c(-c9c(C)cc(C)cc9C)c9ccc([nH]9)c(-c9c(C)cc(C)cc9C)c9nc(c(-c%10c(C)cc(C)cc%10C)c%10ccc7[nH]%10)C=C9)C=C8)cc6)cc5)c5ccc2[nH]5)C=C4)C=C3)c(C)c1. The molecule has 10 heterocycles. The summed E-state index contributed by atoms with van der Waals surface area (Å²) in [6, 6.07) is 60.2. The normalized spacial score (nSPS) is 12.1. The molecule has 0 fully saturated rings. The lowest BCUT2D eigenvalue weighted by atomic mass is 9.92. The number of ether oxygens (including phenoxy) is 4. The highest BCUT2D eigenvalue weighted by molar-refractivity contribution is 6.05. The molecule has 4 aliphatic heterocycles.